The maximum absolute atomic E-state index is 12.1. The first-order chi connectivity index (χ1) is 11.9. The highest BCUT2D eigenvalue weighted by Gasteiger charge is 2.46. The number of aliphatic hydroxyl groups is 4. The van der Waals surface area contributed by atoms with Crippen LogP contribution in [0.2, 0.25) is 0 Å². The lowest BCUT2D eigenvalue weighted by Crippen LogP contribution is -2.60. The summed E-state index contributed by atoms with van der Waals surface area (Å²) in [6.07, 6.45) is -8.89. The fourth-order valence-corrected chi connectivity index (χ4v) is 2.58. The second-order valence-electron chi connectivity index (χ2n) is 5.63. The van der Waals surface area contributed by atoms with Gasteiger partial charge in [-0.1, -0.05) is 0 Å². The van der Waals surface area contributed by atoms with Gasteiger partial charge in [0.05, 0.1) is 19.4 Å². The van der Waals surface area contributed by atoms with Gasteiger partial charge in [0.15, 0.2) is 12.0 Å². The molecule has 1 aromatic carbocycles. The number of nitrogens with one attached hydrogen (secondary N) is 1. The molecule has 138 valence electrons. The molecule has 2 heterocycles. The second kappa shape index (κ2) is 7.12. The number of benzene rings is 1. The molecular weight excluding hydrogens is 338 g/mol. The highest BCUT2D eigenvalue weighted by molar-refractivity contribution is 5.97. The van der Waals surface area contributed by atoms with E-state index < -0.39 is 49.5 Å². The molecule has 0 unspecified atom stereocenters. The number of carbonyl (C=O) groups excluding carboxylic acids is 1. The number of hydrogen-bond donors (Lipinski definition) is 5. The molecule has 6 atom stereocenters. The summed E-state index contributed by atoms with van der Waals surface area (Å²) >= 11 is 0. The molecule has 0 aromatic heterocycles. The molecule has 0 aliphatic carbocycles. The summed E-state index contributed by atoms with van der Waals surface area (Å²) in [5, 5.41) is 41.2. The van der Waals surface area contributed by atoms with Crippen LogP contribution in [-0.4, -0.2) is 77.0 Å². The van der Waals surface area contributed by atoms with Gasteiger partial charge >= 0.3 is 0 Å². The van der Waals surface area contributed by atoms with E-state index in [0.29, 0.717) is 11.4 Å². The lowest BCUT2D eigenvalue weighted by molar-refractivity contribution is -0.322. The second-order valence-corrected chi connectivity index (χ2v) is 5.63. The fraction of sp³-hybridized carbons (Fsp3) is 0.533. The van der Waals surface area contributed by atoms with Crippen LogP contribution in [0.3, 0.4) is 0 Å². The van der Waals surface area contributed by atoms with Crippen LogP contribution in [0.1, 0.15) is 0 Å². The van der Waals surface area contributed by atoms with Gasteiger partial charge in [0.25, 0.3) is 12.2 Å². The predicted octanol–water partition coefficient (Wildman–Crippen LogP) is -1.83. The van der Waals surface area contributed by atoms with Gasteiger partial charge in [-0.05, 0) is 12.1 Å². The smallest absolute Gasteiger partial charge is 0.294 e. The van der Waals surface area contributed by atoms with Crippen LogP contribution in [0.25, 0.3) is 0 Å². The Balaban J connectivity index is 1.74. The van der Waals surface area contributed by atoms with Crippen LogP contribution < -0.4 is 14.8 Å². The molecule has 2 aliphatic heterocycles. The van der Waals surface area contributed by atoms with Gasteiger partial charge in [0.2, 0.25) is 0 Å². The third-order valence-electron chi connectivity index (χ3n) is 4.00. The van der Waals surface area contributed by atoms with Crippen molar-refractivity contribution in [1.82, 2.24) is 0 Å². The van der Waals surface area contributed by atoms with E-state index in [1.165, 1.54) is 7.11 Å². The molecule has 1 aromatic rings. The number of anilines is 1. The van der Waals surface area contributed by atoms with Gasteiger partial charge in [-0.2, -0.15) is 0 Å². The Morgan fingerprint density at radius 3 is 2.64 bits per heavy atom. The molecule has 25 heavy (non-hydrogen) atoms. The molecule has 10 nitrogen and oxygen atoms in total. The van der Waals surface area contributed by atoms with Gasteiger partial charge in [-0.15, -0.1) is 0 Å². The minimum atomic E-state index is -1.64. The Labute approximate surface area is 142 Å². The minimum absolute atomic E-state index is 0.286. The summed E-state index contributed by atoms with van der Waals surface area (Å²) in [7, 11) is 1.48. The number of fused-ring (bicyclic) bond motifs is 1. The van der Waals surface area contributed by atoms with E-state index in [-0.39, 0.29) is 5.75 Å². The van der Waals surface area contributed by atoms with Crippen molar-refractivity contribution < 1.29 is 44.2 Å². The molecule has 1 saturated heterocycles. The van der Waals surface area contributed by atoms with Gasteiger partial charge in [-0.25, -0.2) is 0 Å². The molecule has 5 N–H and O–H groups in total. The molecule has 1 amide bonds. The van der Waals surface area contributed by atoms with Crippen molar-refractivity contribution in [3.63, 3.8) is 0 Å². The highest BCUT2D eigenvalue weighted by Crippen LogP contribution is 2.34. The summed E-state index contributed by atoms with van der Waals surface area (Å²) in [4.78, 5) is 12.1. The molecular formula is C15H19NO9. The van der Waals surface area contributed by atoms with Crippen molar-refractivity contribution in [2.75, 3.05) is 19.0 Å². The Morgan fingerprint density at radius 2 is 1.96 bits per heavy atom. The summed E-state index contributed by atoms with van der Waals surface area (Å²) < 4.78 is 21.0. The minimum Gasteiger partial charge on any atom is -0.497 e. The van der Waals surface area contributed by atoms with Crippen LogP contribution >= 0.6 is 0 Å². The molecule has 2 aliphatic rings. The lowest BCUT2D eigenvalue weighted by atomic mass is 9.99. The van der Waals surface area contributed by atoms with E-state index in [2.05, 4.69) is 5.32 Å². The third kappa shape index (κ3) is 3.40. The fourth-order valence-electron chi connectivity index (χ4n) is 2.58. The van der Waals surface area contributed by atoms with Crippen molar-refractivity contribution >= 4 is 11.6 Å². The van der Waals surface area contributed by atoms with E-state index in [1.54, 1.807) is 18.2 Å². The van der Waals surface area contributed by atoms with E-state index in [0.717, 1.165) is 0 Å². The highest BCUT2D eigenvalue weighted by atomic mass is 16.8. The van der Waals surface area contributed by atoms with E-state index in [9.17, 15) is 25.2 Å². The Morgan fingerprint density at radius 1 is 1.20 bits per heavy atom. The third-order valence-corrected chi connectivity index (χ3v) is 4.00. The maximum atomic E-state index is 12.1. The topological polar surface area (TPSA) is 147 Å². The Kier molecular flexibility index (Phi) is 5.08. The van der Waals surface area contributed by atoms with Crippen molar-refractivity contribution in [2.24, 2.45) is 0 Å². The molecule has 0 bridgehead atoms. The zero-order chi connectivity index (χ0) is 18.1. The number of amides is 1. The van der Waals surface area contributed by atoms with Crippen LogP contribution in [0.15, 0.2) is 18.2 Å². The number of hydrogen-bond acceptors (Lipinski definition) is 9. The quantitative estimate of drug-likeness (QED) is 0.420. The van der Waals surface area contributed by atoms with Crippen LogP contribution in [0.5, 0.6) is 11.5 Å². The molecule has 0 spiro atoms. The van der Waals surface area contributed by atoms with E-state index in [4.69, 9.17) is 18.9 Å². The van der Waals surface area contributed by atoms with Crippen LogP contribution in [-0.2, 0) is 14.3 Å². The maximum Gasteiger partial charge on any atom is 0.294 e. The normalized spacial score (nSPS) is 34.7. The summed E-state index contributed by atoms with van der Waals surface area (Å²) in [5.74, 6) is 0.143. The Hall–Kier alpha value is -1.95. The van der Waals surface area contributed by atoms with E-state index >= 15 is 0 Å². The van der Waals surface area contributed by atoms with Crippen molar-refractivity contribution in [3.8, 4) is 11.5 Å². The average molecular weight is 357 g/mol. The number of ether oxygens (including phenoxy) is 4. The molecule has 10 heteroatoms. The van der Waals surface area contributed by atoms with Crippen LogP contribution in [0.4, 0.5) is 5.69 Å². The number of carbonyl (C=O) groups is 1. The molecule has 1 fully saturated rings. The van der Waals surface area contributed by atoms with Crippen LogP contribution in [0, 0.1) is 0 Å². The van der Waals surface area contributed by atoms with Crippen molar-refractivity contribution in [1.29, 1.82) is 0 Å². The number of aliphatic hydroxyl groups excluding tert-OH is 4. The first-order valence-electron chi connectivity index (χ1n) is 7.56. The van der Waals surface area contributed by atoms with Gasteiger partial charge in [0, 0.05) is 6.07 Å². The average Bonchev–Trinajstić information content (AvgIpc) is 2.62. The molecule has 3 rings (SSSR count). The lowest BCUT2D eigenvalue weighted by Gasteiger charge is -2.40. The van der Waals surface area contributed by atoms with Gasteiger partial charge in [0.1, 0.15) is 30.2 Å². The molecule has 0 saturated carbocycles. The summed E-state index contributed by atoms with van der Waals surface area (Å²) in [5.41, 5.74) is 0.416. The summed E-state index contributed by atoms with van der Waals surface area (Å²) in [6.45, 7) is -0.609. The standard InChI is InChI=1S/C15H19NO9/c1-22-6-2-3-7-8(4-6)23-15(13(21)16-7)25-14-12(20)11(19)10(18)9(5-17)24-14/h2-4,9-12,14-15,17-20H,5H2,1H3,(H,16,21)/t9-,10+,11+,12-,14+,15+/m1/s1. The monoisotopic (exact) mass is 357 g/mol. The SMILES string of the molecule is COc1ccc2c(c1)O[C@@H](O[C@@H]1O[C@H](CO)[C@H](O)[C@H](O)[C@H]1O)C(=O)N2. The Bertz CT molecular complexity index is 637. The van der Waals surface area contributed by atoms with Crippen molar-refractivity contribution in [3.05, 3.63) is 18.2 Å². The zero-order valence-electron chi connectivity index (χ0n) is 13.2. The van der Waals surface area contributed by atoms with Gasteiger partial charge in [-0.3, -0.25) is 4.79 Å². The first-order valence-corrected chi connectivity index (χ1v) is 7.56. The van der Waals surface area contributed by atoms with Gasteiger partial charge < -0.3 is 44.7 Å². The van der Waals surface area contributed by atoms with Crippen molar-refractivity contribution in [2.45, 2.75) is 37.0 Å². The zero-order valence-corrected chi connectivity index (χ0v) is 13.2. The van der Waals surface area contributed by atoms with E-state index in [1.807, 2.05) is 0 Å². The predicted molar refractivity (Wildman–Crippen MR) is 80.9 cm³/mol. The largest absolute Gasteiger partial charge is 0.497 e. The number of rotatable bonds is 4. The summed E-state index contributed by atoms with van der Waals surface area (Å²) in [6, 6.07) is 4.77. The number of methoxy groups -OCH3 is 1. The molecule has 0 radical (unpaired) electrons. The first kappa shape index (κ1) is 17.9.